The second kappa shape index (κ2) is 8.19. The van der Waals surface area contributed by atoms with E-state index < -0.39 is 0 Å². The lowest BCUT2D eigenvalue weighted by Gasteiger charge is -2.36. The van der Waals surface area contributed by atoms with Gasteiger partial charge in [0.15, 0.2) is 0 Å². The van der Waals surface area contributed by atoms with Gasteiger partial charge in [0.2, 0.25) is 0 Å². The number of allylic oxidation sites excluding steroid dienone is 5. The fraction of sp³-hybridized carbons (Fsp3) is 0.238. The van der Waals surface area contributed by atoms with E-state index in [-0.39, 0.29) is 6.04 Å². The number of hydrogen-bond acceptors (Lipinski definition) is 3. The van der Waals surface area contributed by atoms with Crippen LogP contribution in [0.4, 0.5) is 5.69 Å². The van der Waals surface area contributed by atoms with Crippen molar-refractivity contribution in [2.75, 3.05) is 11.4 Å². The van der Waals surface area contributed by atoms with Crippen molar-refractivity contribution in [3.05, 3.63) is 83.0 Å². The number of nitrogens with zero attached hydrogens (tertiary/aromatic N) is 2. The van der Waals surface area contributed by atoms with Crippen LogP contribution in [-0.2, 0) is 6.42 Å². The van der Waals surface area contributed by atoms with Crippen LogP contribution in [0, 0.1) is 5.41 Å². The minimum Gasteiger partial charge on any atom is -0.357 e. The maximum Gasteiger partial charge on any atom is 0.115 e. The second-order valence-corrected chi connectivity index (χ2v) is 6.68. The summed E-state index contributed by atoms with van der Waals surface area (Å²) >= 11 is 6.34. The number of aromatic nitrogens is 2. The van der Waals surface area contributed by atoms with Crippen molar-refractivity contribution in [2.45, 2.75) is 26.3 Å². The summed E-state index contributed by atoms with van der Waals surface area (Å²) in [5, 5.41) is 9.39. The van der Waals surface area contributed by atoms with Gasteiger partial charge in [-0.15, -0.1) is 0 Å². The molecule has 2 N–H and O–H groups in total. The summed E-state index contributed by atoms with van der Waals surface area (Å²) in [6, 6.07) is 9.97. The van der Waals surface area contributed by atoms with Gasteiger partial charge in [-0.05, 0) is 43.7 Å². The summed E-state index contributed by atoms with van der Waals surface area (Å²) in [7, 11) is 0. The Labute approximate surface area is 159 Å². The number of H-pyrrole nitrogens is 1. The molecule has 3 rings (SSSR count). The first-order valence-corrected chi connectivity index (χ1v) is 9.09. The molecule has 0 bridgehead atoms. The highest BCUT2D eigenvalue weighted by Gasteiger charge is 2.32. The molecule has 0 aliphatic carbocycles. The molecule has 2 aromatic rings. The zero-order chi connectivity index (χ0) is 18.5. The van der Waals surface area contributed by atoms with E-state index in [0.29, 0.717) is 10.7 Å². The van der Waals surface area contributed by atoms with Gasteiger partial charge < -0.3 is 15.3 Å². The zero-order valence-electron chi connectivity index (χ0n) is 15.0. The molecule has 26 heavy (non-hydrogen) atoms. The molecule has 0 radical (unpaired) electrons. The summed E-state index contributed by atoms with van der Waals surface area (Å²) in [4.78, 5) is 9.96. The molecule has 1 atom stereocenters. The molecule has 0 amide bonds. The number of fused-ring (bicyclic) bond motifs is 1. The van der Waals surface area contributed by atoms with Crippen LogP contribution in [0.2, 0.25) is 0 Å². The quantitative estimate of drug-likeness (QED) is 0.566. The molecular weight excluding hydrogens is 344 g/mol. The number of imidazole rings is 1. The number of rotatable bonds is 5. The Morgan fingerprint density at radius 1 is 1.35 bits per heavy atom. The molecule has 1 aliphatic rings. The molecule has 4 nitrogen and oxygen atoms in total. The number of halogens is 1. The van der Waals surface area contributed by atoms with Crippen LogP contribution < -0.4 is 4.90 Å². The molecule has 134 valence electrons. The topological polar surface area (TPSA) is 55.8 Å². The van der Waals surface area contributed by atoms with Gasteiger partial charge in [-0.25, -0.2) is 4.98 Å². The summed E-state index contributed by atoms with van der Waals surface area (Å²) in [6.07, 6.45) is 10.1. The van der Waals surface area contributed by atoms with Gasteiger partial charge in [0.25, 0.3) is 0 Å². The SMILES string of the molecule is C\C=C/C=C(Cl)\C(C)=C\C(=N)C1c2nc[nH]c2CCN1c1ccccc1. The van der Waals surface area contributed by atoms with Crippen molar-refractivity contribution in [1.82, 2.24) is 9.97 Å². The summed E-state index contributed by atoms with van der Waals surface area (Å²) in [6.45, 7) is 4.71. The van der Waals surface area contributed by atoms with Crippen molar-refractivity contribution in [2.24, 2.45) is 0 Å². The number of aromatic amines is 1. The van der Waals surface area contributed by atoms with Crippen LogP contribution >= 0.6 is 11.6 Å². The normalized spacial score (nSPS) is 18.3. The van der Waals surface area contributed by atoms with Gasteiger partial charge in [0.1, 0.15) is 6.04 Å². The summed E-state index contributed by atoms with van der Waals surface area (Å²) in [5.74, 6) is 0. The molecule has 0 saturated carbocycles. The Morgan fingerprint density at radius 2 is 2.12 bits per heavy atom. The monoisotopic (exact) mass is 366 g/mol. The Hall–Kier alpha value is -2.59. The first-order chi connectivity index (χ1) is 12.6. The smallest absolute Gasteiger partial charge is 0.115 e. The number of benzene rings is 1. The number of anilines is 1. The number of hydrogen-bond donors (Lipinski definition) is 2. The predicted molar refractivity (Wildman–Crippen MR) is 109 cm³/mol. The van der Waals surface area contributed by atoms with Crippen molar-refractivity contribution in [3.63, 3.8) is 0 Å². The zero-order valence-corrected chi connectivity index (χ0v) is 15.8. The predicted octanol–water partition coefficient (Wildman–Crippen LogP) is 5.18. The van der Waals surface area contributed by atoms with Gasteiger partial charge in [-0.1, -0.05) is 42.0 Å². The largest absolute Gasteiger partial charge is 0.357 e. The highest BCUT2D eigenvalue weighted by molar-refractivity contribution is 6.32. The maximum absolute atomic E-state index is 8.76. The molecular formula is C21H23ClN4. The van der Waals surface area contributed by atoms with Gasteiger partial charge >= 0.3 is 0 Å². The molecule has 0 spiro atoms. The van der Waals surface area contributed by atoms with Gasteiger partial charge in [0, 0.05) is 29.4 Å². The van der Waals surface area contributed by atoms with Crippen molar-refractivity contribution in [3.8, 4) is 0 Å². The van der Waals surface area contributed by atoms with Crippen molar-refractivity contribution < 1.29 is 0 Å². The van der Waals surface area contributed by atoms with E-state index >= 15 is 0 Å². The van der Waals surface area contributed by atoms with Crippen LogP contribution in [0.5, 0.6) is 0 Å². The lowest BCUT2D eigenvalue weighted by atomic mass is 9.96. The van der Waals surface area contributed by atoms with E-state index in [9.17, 15) is 0 Å². The second-order valence-electron chi connectivity index (χ2n) is 6.27. The van der Waals surface area contributed by atoms with Gasteiger partial charge in [0.05, 0.1) is 17.7 Å². The Bertz CT molecular complexity index is 861. The van der Waals surface area contributed by atoms with Crippen LogP contribution in [0.15, 0.2) is 71.6 Å². The van der Waals surface area contributed by atoms with E-state index in [1.807, 2.05) is 56.4 Å². The number of para-hydroxylation sites is 1. The molecule has 1 unspecified atom stereocenters. The Balaban J connectivity index is 1.97. The summed E-state index contributed by atoms with van der Waals surface area (Å²) in [5.41, 5.74) is 4.46. The minimum atomic E-state index is -0.228. The standard InChI is InChI=1S/C21H23ClN4/c1-3-4-10-17(22)15(2)13-18(23)21-20-19(24-14-25-20)11-12-26(21)16-8-6-5-7-9-16/h3-10,13-14,21,23H,11-12H2,1-2H3,(H,24,25)/b4-3-,15-13+,17-10+,23-18?. The van der Waals surface area contributed by atoms with E-state index in [1.165, 1.54) is 0 Å². The third-order valence-electron chi connectivity index (χ3n) is 4.49. The van der Waals surface area contributed by atoms with Crippen LogP contribution in [0.3, 0.4) is 0 Å². The highest BCUT2D eigenvalue weighted by Crippen LogP contribution is 2.33. The Kier molecular flexibility index (Phi) is 5.74. The molecule has 0 fully saturated rings. The molecule has 5 heteroatoms. The molecule has 1 aliphatic heterocycles. The average Bonchev–Trinajstić information content (AvgIpc) is 3.14. The van der Waals surface area contributed by atoms with Gasteiger partial charge in [-0.2, -0.15) is 0 Å². The molecule has 1 aromatic carbocycles. The van der Waals surface area contributed by atoms with Crippen molar-refractivity contribution in [1.29, 1.82) is 5.41 Å². The van der Waals surface area contributed by atoms with Crippen molar-refractivity contribution >= 4 is 23.0 Å². The lowest BCUT2D eigenvalue weighted by molar-refractivity contribution is 0.671. The summed E-state index contributed by atoms with van der Waals surface area (Å²) < 4.78 is 0. The first kappa shape index (κ1) is 18.2. The van der Waals surface area contributed by atoms with Crippen LogP contribution in [0.1, 0.15) is 31.3 Å². The molecule has 2 heterocycles. The minimum absolute atomic E-state index is 0.228. The van der Waals surface area contributed by atoms with E-state index in [2.05, 4.69) is 27.0 Å². The van der Waals surface area contributed by atoms with E-state index in [4.69, 9.17) is 17.0 Å². The number of nitrogens with one attached hydrogen (secondary N) is 2. The Morgan fingerprint density at radius 3 is 2.85 bits per heavy atom. The fourth-order valence-electron chi connectivity index (χ4n) is 3.18. The fourth-order valence-corrected chi connectivity index (χ4v) is 3.31. The third kappa shape index (κ3) is 3.81. The third-order valence-corrected chi connectivity index (χ3v) is 4.92. The molecule has 1 aromatic heterocycles. The highest BCUT2D eigenvalue weighted by atomic mass is 35.5. The molecule has 0 saturated heterocycles. The lowest BCUT2D eigenvalue weighted by Crippen LogP contribution is -2.39. The first-order valence-electron chi connectivity index (χ1n) is 8.71. The maximum atomic E-state index is 8.76. The van der Waals surface area contributed by atoms with Gasteiger partial charge in [-0.3, -0.25) is 0 Å². The average molecular weight is 367 g/mol. The van der Waals surface area contributed by atoms with Crippen LogP contribution in [-0.4, -0.2) is 22.2 Å². The van der Waals surface area contributed by atoms with Crippen LogP contribution in [0.25, 0.3) is 0 Å². The van der Waals surface area contributed by atoms with E-state index in [1.54, 1.807) is 6.33 Å². The van der Waals surface area contributed by atoms with E-state index in [0.717, 1.165) is 35.6 Å².